The number of fused-ring (bicyclic) bond motifs is 1. The van der Waals surface area contributed by atoms with E-state index in [4.69, 9.17) is 4.74 Å². The van der Waals surface area contributed by atoms with E-state index in [2.05, 4.69) is 47.5 Å². The summed E-state index contributed by atoms with van der Waals surface area (Å²) in [5.41, 5.74) is 1.39. The first-order valence-electron chi connectivity index (χ1n) is 7.30. The minimum Gasteiger partial charge on any atom is -0.497 e. The molecule has 3 rings (SSSR count). The summed E-state index contributed by atoms with van der Waals surface area (Å²) >= 11 is 0. The lowest BCUT2D eigenvalue weighted by molar-refractivity contribution is 0.185. The molecule has 106 valence electrons. The molecule has 1 atom stereocenters. The molecule has 0 aliphatic carbocycles. The Labute approximate surface area is 120 Å². The zero-order valence-electron chi connectivity index (χ0n) is 12.2. The monoisotopic (exact) mass is 270 g/mol. The Kier molecular flexibility index (Phi) is 3.90. The van der Waals surface area contributed by atoms with Gasteiger partial charge in [-0.1, -0.05) is 18.2 Å². The lowest BCUT2D eigenvalue weighted by atomic mass is 10.0. The zero-order chi connectivity index (χ0) is 13.9. The summed E-state index contributed by atoms with van der Waals surface area (Å²) in [5, 5.41) is 5.93. The van der Waals surface area contributed by atoms with E-state index in [1.807, 2.05) is 6.07 Å². The van der Waals surface area contributed by atoms with E-state index < -0.39 is 0 Å². The van der Waals surface area contributed by atoms with Crippen molar-refractivity contribution in [3.05, 3.63) is 42.0 Å². The highest BCUT2D eigenvalue weighted by Gasteiger charge is 2.17. The molecule has 1 aliphatic heterocycles. The summed E-state index contributed by atoms with van der Waals surface area (Å²) in [4.78, 5) is 2.54. The van der Waals surface area contributed by atoms with Gasteiger partial charge in [-0.05, 0) is 41.5 Å². The second-order valence-corrected chi connectivity index (χ2v) is 5.43. The molecular formula is C17H22N2O. The molecule has 0 spiro atoms. The van der Waals surface area contributed by atoms with E-state index in [0.717, 1.165) is 31.9 Å². The first kappa shape index (κ1) is 13.4. The number of methoxy groups -OCH3 is 1. The van der Waals surface area contributed by atoms with Crippen LogP contribution in [0, 0.1) is 0 Å². The van der Waals surface area contributed by atoms with Gasteiger partial charge in [0.05, 0.1) is 7.11 Å². The van der Waals surface area contributed by atoms with Gasteiger partial charge in [-0.15, -0.1) is 0 Å². The fraction of sp³-hybridized carbons (Fsp3) is 0.412. The second-order valence-electron chi connectivity index (χ2n) is 5.43. The van der Waals surface area contributed by atoms with Gasteiger partial charge in [0.25, 0.3) is 0 Å². The molecule has 1 saturated heterocycles. The highest BCUT2D eigenvalue weighted by molar-refractivity contribution is 5.84. The number of rotatable bonds is 3. The summed E-state index contributed by atoms with van der Waals surface area (Å²) in [6.07, 6.45) is 0. The molecule has 1 N–H and O–H groups in total. The van der Waals surface area contributed by atoms with Gasteiger partial charge in [-0.25, -0.2) is 0 Å². The molecule has 0 saturated carbocycles. The molecule has 2 aromatic carbocycles. The number of hydrogen-bond acceptors (Lipinski definition) is 3. The first-order chi connectivity index (χ1) is 9.78. The fourth-order valence-electron chi connectivity index (χ4n) is 2.91. The Morgan fingerprint density at radius 3 is 2.50 bits per heavy atom. The molecular weight excluding hydrogens is 248 g/mol. The van der Waals surface area contributed by atoms with Crippen LogP contribution in [0.5, 0.6) is 5.75 Å². The van der Waals surface area contributed by atoms with E-state index in [0.29, 0.717) is 6.04 Å². The Morgan fingerprint density at radius 1 is 1.05 bits per heavy atom. The Bertz CT molecular complexity index is 591. The number of ether oxygens (including phenoxy) is 1. The van der Waals surface area contributed by atoms with Gasteiger partial charge in [-0.3, -0.25) is 4.90 Å². The van der Waals surface area contributed by atoms with Crippen LogP contribution in [0.3, 0.4) is 0 Å². The third-order valence-corrected chi connectivity index (χ3v) is 4.25. The number of nitrogens with one attached hydrogen (secondary N) is 1. The van der Waals surface area contributed by atoms with Crippen LogP contribution >= 0.6 is 0 Å². The molecule has 3 heteroatoms. The van der Waals surface area contributed by atoms with E-state index in [1.54, 1.807) is 7.11 Å². The normalized spacial score (nSPS) is 18.1. The van der Waals surface area contributed by atoms with Crippen LogP contribution in [-0.2, 0) is 0 Å². The van der Waals surface area contributed by atoms with Gasteiger partial charge in [-0.2, -0.15) is 0 Å². The minimum atomic E-state index is 0.476. The van der Waals surface area contributed by atoms with Crippen LogP contribution in [0.2, 0.25) is 0 Å². The van der Waals surface area contributed by atoms with E-state index in [1.165, 1.54) is 16.3 Å². The molecule has 20 heavy (non-hydrogen) atoms. The van der Waals surface area contributed by atoms with Crippen molar-refractivity contribution in [2.24, 2.45) is 0 Å². The van der Waals surface area contributed by atoms with Gasteiger partial charge in [0, 0.05) is 32.2 Å². The molecule has 0 radical (unpaired) electrons. The fourth-order valence-corrected chi connectivity index (χ4v) is 2.91. The van der Waals surface area contributed by atoms with Gasteiger partial charge in [0.2, 0.25) is 0 Å². The maximum absolute atomic E-state index is 5.28. The van der Waals surface area contributed by atoms with Crippen molar-refractivity contribution in [2.75, 3.05) is 33.3 Å². The van der Waals surface area contributed by atoms with Crippen molar-refractivity contribution in [2.45, 2.75) is 13.0 Å². The van der Waals surface area contributed by atoms with E-state index >= 15 is 0 Å². The summed E-state index contributed by atoms with van der Waals surface area (Å²) in [6.45, 7) is 6.74. The molecule has 2 aromatic rings. The molecule has 1 unspecified atom stereocenters. The van der Waals surface area contributed by atoms with Crippen LogP contribution in [0.1, 0.15) is 18.5 Å². The molecule has 3 nitrogen and oxygen atoms in total. The predicted octanol–water partition coefficient (Wildman–Crippen LogP) is 2.81. The summed E-state index contributed by atoms with van der Waals surface area (Å²) in [7, 11) is 1.71. The number of hydrogen-bond donors (Lipinski definition) is 1. The van der Waals surface area contributed by atoms with Crippen LogP contribution < -0.4 is 10.1 Å². The van der Waals surface area contributed by atoms with E-state index in [9.17, 15) is 0 Å². The van der Waals surface area contributed by atoms with Crippen molar-refractivity contribution in [3.8, 4) is 5.75 Å². The second kappa shape index (κ2) is 5.81. The molecule has 1 aliphatic rings. The number of benzene rings is 2. The van der Waals surface area contributed by atoms with Crippen molar-refractivity contribution < 1.29 is 4.74 Å². The number of nitrogens with zero attached hydrogens (tertiary/aromatic N) is 1. The standard InChI is InChI=1S/C17H22N2O/c1-13(19-9-7-18-8-10-19)14-3-4-16-12-17(20-2)6-5-15(16)11-14/h3-6,11-13,18H,7-10H2,1-2H3. The van der Waals surface area contributed by atoms with Crippen LogP contribution in [0.25, 0.3) is 10.8 Å². The summed E-state index contributed by atoms with van der Waals surface area (Å²) < 4.78 is 5.28. The van der Waals surface area contributed by atoms with Crippen LogP contribution in [0.15, 0.2) is 36.4 Å². The zero-order valence-corrected chi connectivity index (χ0v) is 12.2. The van der Waals surface area contributed by atoms with Crippen LogP contribution in [-0.4, -0.2) is 38.2 Å². The molecule has 1 heterocycles. The van der Waals surface area contributed by atoms with Crippen molar-refractivity contribution in [1.82, 2.24) is 10.2 Å². The maximum atomic E-state index is 5.28. The van der Waals surface area contributed by atoms with Gasteiger partial charge in [0.15, 0.2) is 0 Å². The quantitative estimate of drug-likeness (QED) is 0.928. The maximum Gasteiger partial charge on any atom is 0.119 e. The summed E-state index contributed by atoms with van der Waals surface area (Å²) in [5.74, 6) is 0.917. The third-order valence-electron chi connectivity index (χ3n) is 4.25. The Balaban J connectivity index is 1.88. The minimum absolute atomic E-state index is 0.476. The predicted molar refractivity (Wildman–Crippen MR) is 83.4 cm³/mol. The third kappa shape index (κ3) is 2.65. The van der Waals surface area contributed by atoms with Gasteiger partial charge >= 0.3 is 0 Å². The molecule has 0 aromatic heterocycles. The largest absolute Gasteiger partial charge is 0.497 e. The van der Waals surface area contributed by atoms with Crippen molar-refractivity contribution >= 4 is 10.8 Å². The molecule has 1 fully saturated rings. The van der Waals surface area contributed by atoms with Crippen molar-refractivity contribution in [3.63, 3.8) is 0 Å². The van der Waals surface area contributed by atoms with Gasteiger partial charge < -0.3 is 10.1 Å². The molecule has 0 bridgehead atoms. The van der Waals surface area contributed by atoms with Crippen LogP contribution in [0.4, 0.5) is 0 Å². The Morgan fingerprint density at radius 2 is 1.75 bits per heavy atom. The lowest BCUT2D eigenvalue weighted by Crippen LogP contribution is -2.44. The van der Waals surface area contributed by atoms with E-state index in [-0.39, 0.29) is 0 Å². The first-order valence-corrected chi connectivity index (χ1v) is 7.30. The highest BCUT2D eigenvalue weighted by atomic mass is 16.5. The lowest BCUT2D eigenvalue weighted by Gasteiger charge is -2.33. The smallest absolute Gasteiger partial charge is 0.119 e. The highest BCUT2D eigenvalue weighted by Crippen LogP contribution is 2.26. The number of piperazine rings is 1. The van der Waals surface area contributed by atoms with Gasteiger partial charge in [0.1, 0.15) is 5.75 Å². The average molecular weight is 270 g/mol. The SMILES string of the molecule is COc1ccc2cc(C(C)N3CCNCC3)ccc2c1. The molecule has 0 amide bonds. The van der Waals surface area contributed by atoms with Crippen molar-refractivity contribution in [1.29, 1.82) is 0 Å². The average Bonchev–Trinajstić information content (AvgIpc) is 2.54. The summed E-state index contributed by atoms with van der Waals surface area (Å²) in [6, 6.07) is 13.5. The Hall–Kier alpha value is -1.58. The topological polar surface area (TPSA) is 24.5 Å².